The van der Waals surface area contributed by atoms with Crippen molar-refractivity contribution >= 4 is 34.5 Å². The van der Waals surface area contributed by atoms with E-state index in [0.29, 0.717) is 10.6 Å². The van der Waals surface area contributed by atoms with E-state index in [0.717, 1.165) is 10.6 Å². The van der Waals surface area contributed by atoms with E-state index in [1.54, 1.807) is 24.3 Å². The number of nitrogens with zero attached hydrogens (tertiary/aromatic N) is 1. The molecule has 1 aromatic carbocycles. The topological polar surface area (TPSA) is 80.3 Å². The minimum Gasteiger partial charge on any atom is -0.478 e. The first-order valence-electron chi connectivity index (χ1n) is 7.97. The number of benzene rings is 1. The van der Waals surface area contributed by atoms with Crippen LogP contribution in [-0.2, 0) is 4.79 Å². The molecule has 2 N–H and O–H groups in total. The lowest BCUT2D eigenvalue weighted by Gasteiger charge is -2.15. The van der Waals surface area contributed by atoms with Gasteiger partial charge in [-0.15, -0.1) is 11.3 Å². The molecule has 0 bridgehead atoms. The summed E-state index contributed by atoms with van der Waals surface area (Å²) < 4.78 is 18.9. The van der Waals surface area contributed by atoms with E-state index in [-0.39, 0.29) is 5.75 Å². The van der Waals surface area contributed by atoms with E-state index < -0.39 is 23.7 Å². The number of para-hydroxylation sites is 1. The number of hydrazine groups is 1. The number of ether oxygens (including phenoxy) is 1. The zero-order chi connectivity index (χ0) is 19.4. The summed E-state index contributed by atoms with van der Waals surface area (Å²) in [5.41, 5.74) is 6.15. The average molecular weight is 405 g/mol. The third kappa shape index (κ3) is 4.50. The Labute approximate surface area is 163 Å². The number of thiazole rings is 1. The van der Waals surface area contributed by atoms with Crippen molar-refractivity contribution in [2.75, 3.05) is 0 Å². The third-order valence-electron chi connectivity index (χ3n) is 3.58. The summed E-state index contributed by atoms with van der Waals surface area (Å²) in [5.74, 6) is -1.68. The second kappa shape index (κ2) is 8.28. The molecule has 0 aliphatic rings. The molecule has 2 aromatic heterocycles. The lowest BCUT2D eigenvalue weighted by Crippen LogP contribution is -2.47. The summed E-state index contributed by atoms with van der Waals surface area (Å²) in [5, 5.41) is 4.62. The van der Waals surface area contributed by atoms with Crippen molar-refractivity contribution in [2.24, 2.45) is 0 Å². The van der Waals surface area contributed by atoms with Crippen LogP contribution in [0.4, 0.5) is 4.39 Å². The van der Waals surface area contributed by atoms with Gasteiger partial charge >= 0.3 is 0 Å². The number of nitrogens with one attached hydrogen (secondary N) is 2. The number of hydrogen-bond acceptors (Lipinski definition) is 6. The fourth-order valence-electron chi connectivity index (χ4n) is 2.18. The summed E-state index contributed by atoms with van der Waals surface area (Å²) in [6, 6.07) is 7.70. The van der Waals surface area contributed by atoms with Gasteiger partial charge in [0.2, 0.25) is 0 Å². The molecule has 0 saturated carbocycles. The van der Waals surface area contributed by atoms with E-state index in [2.05, 4.69) is 15.8 Å². The molecule has 27 heavy (non-hydrogen) atoms. The number of aromatic nitrogens is 1. The SMILES string of the molecule is Cc1nc(-c2ccsc2)sc1C(=O)NNC(=O)[C@@H](C)Oc1ccccc1F. The normalized spacial score (nSPS) is 11.7. The van der Waals surface area contributed by atoms with Gasteiger partial charge in [-0.1, -0.05) is 12.1 Å². The van der Waals surface area contributed by atoms with Crippen LogP contribution >= 0.6 is 22.7 Å². The molecule has 140 valence electrons. The molecular weight excluding hydrogens is 389 g/mol. The lowest BCUT2D eigenvalue weighted by molar-refractivity contribution is -0.128. The van der Waals surface area contributed by atoms with Gasteiger partial charge in [0, 0.05) is 10.9 Å². The Balaban J connectivity index is 1.59. The first kappa shape index (κ1) is 19.0. The summed E-state index contributed by atoms with van der Waals surface area (Å²) in [6.07, 6.45) is -0.994. The van der Waals surface area contributed by atoms with Crippen LogP contribution < -0.4 is 15.6 Å². The fraction of sp³-hybridized carbons (Fsp3) is 0.167. The van der Waals surface area contributed by atoms with Gasteiger partial charge in [0.05, 0.1) is 5.69 Å². The van der Waals surface area contributed by atoms with Crippen LogP contribution in [0, 0.1) is 12.7 Å². The van der Waals surface area contributed by atoms with Crippen LogP contribution in [0.5, 0.6) is 5.75 Å². The molecule has 3 rings (SSSR count). The van der Waals surface area contributed by atoms with Crippen LogP contribution in [0.3, 0.4) is 0 Å². The molecule has 0 aliphatic carbocycles. The molecule has 6 nitrogen and oxygen atoms in total. The van der Waals surface area contributed by atoms with Crippen molar-refractivity contribution in [2.45, 2.75) is 20.0 Å². The zero-order valence-electron chi connectivity index (χ0n) is 14.5. The van der Waals surface area contributed by atoms with Crippen LogP contribution in [0.1, 0.15) is 22.3 Å². The predicted molar refractivity (Wildman–Crippen MR) is 102 cm³/mol. The maximum atomic E-state index is 13.6. The number of hydrogen-bond donors (Lipinski definition) is 2. The van der Waals surface area contributed by atoms with Crippen LogP contribution in [-0.4, -0.2) is 22.9 Å². The lowest BCUT2D eigenvalue weighted by atomic mass is 10.3. The molecule has 2 amide bonds. The molecule has 3 aromatic rings. The second-order valence-electron chi connectivity index (χ2n) is 5.58. The Morgan fingerprint density at radius 1 is 1.22 bits per heavy atom. The summed E-state index contributed by atoms with van der Waals surface area (Å²) >= 11 is 2.79. The molecule has 0 unspecified atom stereocenters. The first-order valence-corrected chi connectivity index (χ1v) is 9.73. The monoisotopic (exact) mass is 405 g/mol. The highest BCUT2D eigenvalue weighted by molar-refractivity contribution is 7.17. The average Bonchev–Trinajstić information content (AvgIpc) is 3.30. The van der Waals surface area contributed by atoms with Crippen molar-refractivity contribution in [1.29, 1.82) is 0 Å². The molecule has 0 spiro atoms. The maximum Gasteiger partial charge on any atom is 0.281 e. The first-order chi connectivity index (χ1) is 13.0. The molecule has 0 radical (unpaired) electrons. The molecule has 0 aliphatic heterocycles. The van der Waals surface area contributed by atoms with Crippen molar-refractivity contribution in [3.63, 3.8) is 0 Å². The smallest absolute Gasteiger partial charge is 0.281 e. The highest BCUT2D eigenvalue weighted by Crippen LogP contribution is 2.29. The van der Waals surface area contributed by atoms with Crippen LogP contribution in [0.2, 0.25) is 0 Å². The zero-order valence-corrected chi connectivity index (χ0v) is 16.1. The van der Waals surface area contributed by atoms with Gasteiger partial charge < -0.3 is 4.74 Å². The Morgan fingerprint density at radius 3 is 2.70 bits per heavy atom. The summed E-state index contributed by atoms with van der Waals surface area (Å²) in [6.45, 7) is 3.19. The van der Waals surface area contributed by atoms with Gasteiger partial charge in [-0.25, -0.2) is 9.37 Å². The fourth-order valence-corrected chi connectivity index (χ4v) is 3.85. The Kier molecular flexibility index (Phi) is 5.82. The van der Waals surface area contributed by atoms with Gasteiger partial charge in [0.25, 0.3) is 11.8 Å². The van der Waals surface area contributed by atoms with E-state index >= 15 is 0 Å². The van der Waals surface area contributed by atoms with Crippen molar-refractivity contribution < 1.29 is 18.7 Å². The van der Waals surface area contributed by atoms with E-state index in [1.807, 2.05) is 16.8 Å². The molecule has 9 heteroatoms. The van der Waals surface area contributed by atoms with Crippen molar-refractivity contribution in [3.05, 3.63) is 57.5 Å². The van der Waals surface area contributed by atoms with Crippen molar-refractivity contribution in [1.82, 2.24) is 15.8 Å². The van der Waals surface area contributed by atoms with Gasteiger partial charge in [0.15, 0.2) is 17.7 Å². The largest absolute Gasteiger partial charge is 0.478 e. The summed E-state index contributed by atoms with van der Waals surface area (Å²) in [7, 11) is 0. The molecule has 0 saturated heterocycles. The van der Waals surface area contributed by atoms with Crippen LogP contribution in [0.15, 0.2) is 41.1 Å². The van der Waals surface area contributed by atoms with Gasteiger partial charge in [-0.3, -0.25) is 20.4 Å². The second-order valence-corrected chi connectivity index (χ2v) is 7.36. The number of rotatable bonds is 5. The third-order valence-corrected chi connectivity index (χ3v) is 5.47. The molecular formula is C18H16FN3O3S2. The van der Waals surface area contributed by atoms with Crippen molar-refractivity contribution in [3.8, 4) is 16.3 Å². The highest BCUT2D eigenvalue weighted by atomic mass is 32.1. The van der Waals surface area contributed by atoms with E-state index in [4.69, 9.17) is 4.74 Å². The number of halogens is 1. The minimum atomic E-state index is -0.994. The quantitative estimate of drug-likeness (QED) is 0.636. The molecule has 2 heterocycles. The number of aryl methyl sites for hydroxylation is 1. The van der Waals surface area contributed by atoms with Crippen LogP contribution in [0.25, 0.3) is 10.6 Å². The number of carbonyl (C=O) groups is 2. The van der Waals surface area contributed by atoms with E-state index in [1.165, 1.54) is 36.5 Å². The standard InChI is InChI=1S/C18H16FN3O3S2/c1-10-15(27-18(20-10)12-7-8-26-9-12)17(24)22-21-16(23)11(2)25-14-6-4-3-5-13(14)19/h3-9,11H,1-2H3,(H,21,23)(H,22,24)/t11-/m1/s1. The Bertz CT molecular complexity index is 957. The number of thiophene rings is 1. The van der Waals surface area contributed by atoms with Gasteiger partial charge in [-0.05, 0) is 37.4 Å². The highest BCUT2D eigenvalue weighted by Gasteiger charge is 2.20. The summed E-state index contributed by atoms with van der Waals surface area (Å²) in [4.78, 5) is 29.2. The maximum absolute atomic E-state index is 13.6. The van der Waals surface area contributed by atoms with Gasteiger partial charge in [-0.2, -0.15) is 11.3 Å². The minimum absolute atomic E-state index is 0.0369. The number of carbonyl (C=O) groups excluding carboxylic acids is 2. The number of amides is 2. The Morgan fingerprint density at radius 2 is 2.00 bits per heavy atom. The predicted octanol–water partition coefficient (Wildman–Crippen LogP) is 3.55. The molecule has 1 atom stereocenters. The van der Waals surface area contributed by atoms with Gasteiger partial charge in [0.1, 0.15) is 9.88 Å². The Hall–Kier alpha value is -2.78. The molecule has 0 fully saturated rings. The van der Waals surface area contributed by atoms with E-state index in [9.17, 15) is 14.0 Å².